The number of likely N-dealkylation sites (tertiary alicyclic amines) is 1. The maximum Gasteiger partial charge on any atom is 0.417 e. The Kier molecular flexibility index (Phi) is 8.57. The first-order valence-electron chi connectivity index (χ1n) is 14.7. The molecular weight excluding hydrogens is 635 g/mol. The van der Waals surface area contributed by atoms with Gasteiger partial charge in [0.2, 0.25) is 33.5 Å². The number of nitrogens with one attached hydrogen (secondary N) is 3. The second-order valence-electron chi connectivity index (χ2n) is 13.1. The summed E-state index contributed by atoms with van der Waals surface area (Å²) in [7, 11) is -3.77. The van der Waals surface area contributed by atoms with Gasteiger partial charge in [0, 0.05) is 19.0 Å². The van der Waals surface area contributed by atoms with Gasteiger partial charge in [0.15, 0.2) is 5.01 Å². The molecule has 5 rings (SSSR count). The van der Waals surface area contributed by atoms with Crippen molar-refractivity contribution in [3.63, 3.8) is 0 Å². The van der Waals surface area contributed by atoms with Crippen molar-refractivity contribution in [3.8, 4) is 0 Å². The highest BCUT2D eigenvalue weighted by Gasteiger charge is 2.69. The summed E-state index contributed by atoms with van der Waals surface area (Å²) in [5.41, 5.74) is -1.26. The van der Waals surface area contributed by atoms with Crippen molar-refractivity contribution in [3.05, 3.63) is 28.8 Å². The van der Waals surface area contributed by atoms with Gasteiger partial charge >= 0.3 is 6.18 Å². The molecule has 1 aliphatic carbocycles. The highest BCUT2D eigenvalue weighted by Crippen LogP contribution is 2.65. The Hall–Kier alpha value is -3.11. The monoisotopic (exact) mass is 671 g/mol. The van der Waals surface area contributed by atoms with Crippen molar-refractivity contribution in [2.45, 2.75) is 64.8 Å². The standard InChI is InChI=1S/C29H36F3N5O6S2/c1-13(2)20(36-45(5,42)43)27(41)37-12-16-19(28(16,3)4)21(37)25(40)34-18(11-14-9-10-33-24(14)39)22(38)26-35-17-8-6-7-15(23(17)44-26)29(30,31)32/h6-8,13-14,16,18-21,36H,9-12H2,1-5H3,(H,33,39)(H,34,40)/t14-,16-,18-,19-,20-,21-/m0/s1. The van der Waals surface area contributed by atoms with Crippen LogP contribution in [-0.2, 0) is 30.6 Å². The van der Waals surface area contributed by atoms with Gasteiger partial charge in [-0.1, -0.05) is 33.8 Å². The highest BCUT2D eigenvalue weighted by atomic mass is 32.2. The molecule has 2 aromatic rings. The molecule has 3 amide bonds. The number of hydrogen-bond acceptors (Lipinski definition) is 8. The zero-order valence-electron chi connectivity index (χ0n) is 25.4. The largest absolute Gasteiger partial charge is 0.417 e. The highest BCUT2D eigenvalue weighted by molar-refractivity contribution is 7.88. The summed E-state index contributed by atoms with van der Waals surface area (Å²) in [6, 6.07) is 0.00170. The zero-order chi connectivity index (χ0) is 33.2. The molecule has 3 heterocycles. The number of benzene rings is 1. The molecule has 3 N–H and O–H groups in total. The number of hydrogen-bond donors (Lipinski definition) is 3. The maximum absolute atomic E-state index is 14.1. The number of carbonyl (C=O) groups is 4. The zero-order valence-corrected chi connectivity index (χ0v) is 27.0. The normalized spacial score (nSPS) is 25.6. The molecule has 2 saturated heterocycles. The van der Waals surface area contributed by atoms with Crippen molar-refractivity contribution in [1.82, 2.24) is 25.2 Å². The summed E-state index contributed by atoms with van der Waals surface area (Å²) in [5, 5.41) is 5.18. The summed E-state index contributed by atoms with van der Waals surface area (Å²) >= 11 is 0.569. The summed E-state index contributed by atoms with van der Waals surface area (Å²) in [6.45, 7) is 7.88. The number of thiazole rings is 1. The first kappa shape index (κ1) is 33.3. The third-order valence-electron chi connectivity index (χ3n) is 9.28. The summed E-state index contributed by atoms with van der Waals surface area (Å²) in [6.07, 6.45) is -3.44. The SMILES string of the molecule is CC(C)[C@H](NS(C)(=O)=O)C(=O)N1C[C@H]2[C@@H]([C@H]1C(=O)N[C@@H](C[C@@H]1CCNC1=O)C(=O)c1nc3cccc(C(F)(F)F)c3s1)C2(C)C. The lowest BCUT2D eigenvalue weighted by molar-refractivity contribution is -0.142. The Morgan fingerprint density at radius 3 is 2.49 bits per heavy atom. The van der Waals surface area contributed by atoms with Crippen LogP contribution in [0, 0.1) is 29.1 Å². The molecule has 0 radical (unpaired) electrons. The molecule has 3 fully saturated rings. The van der Waals surface area contributed by atoms with Crippen LogP contribution in [0.3, 0.4) is 0 Å². The molecule has 1 aromatic carbocycles. The Balaban J connectivity index is 1.46. The average Bonchev–Trinajstić information content (AvgIpc) is 3.44. The minimum atomic E-state index is -4.67. The van der Waals surface area contributed by atoms with Gasteiger partial charge in [-0.2, -0.15) is 13.2 Å². The molecule has 16 heteroatoms. The van der Waals surface area contributed by atoms with E-state index in [0.29, 0.717) is 24.3 Å². The van der Waals surface area contributed by atoms with Gasteiger partial charge in [0.05, 0.1) is 28.1 Å². The first-order valence-corrected chi connectivity index (χ1v) is 17.4. The Morgan fingerprint density at radius 2 is 1.91 bits per heavy atom. The molecule has 6 atom stereocenters. The number of amides is 3. The summed E-state index contributed by atoms with van der Waals surface area (Å²) in [4.78, 5) is 59.6. The number of piperidine rings is 1. The Labute approximate surface area is 262 Å². The lowest BCUT2D eigenvalue weighted by atomic mass is 9.94. The number of halogens is 3. The van der Waals surface area contributed by atoms with Crippen LogP contribution in [0.25, 0.3) is 10.2 Å². The summed E-state index contributed by atoms with van der Waals surface area (Å²) in [5.74, 6) is -3.64. The van der Waals surface area contributed by atoms with Gasteiger partial charge in [-0.3, -0.25) is 19.2 Å². The topological polar surface area (TPSA) is 155 Å². The molecule has 1 saturated carbocycles. The fourth-order valence-electron chi connectivity index (χ4n) is 6.76. The summed E-state index contributed by atoms with van der Waals surface area (Å²) < 4.78 is 67.3. The van der Waals surface area contributed by atoms with E-state index in [1.807, 2.05) is 13.8 Å². The number of rotatable bonds is 10. The van der Waals surface area contributed by atoms with E-state index in [4.69, 9.17) is 0 Å². The van der Waals surface area contributed by atoms with Crippen LogP contribution in [0.2, 0.25) is 0 Å². The third kappa shape index (κ3) is 6.45. The van der Waals surface area contributed by atoms with Gasteiger partial charge in [-0.15, -0.1) is 11.3 Å². The van der Waals surface area contributed by atoms with Gasteiger partial charge in [0.25, 0.3) is 0 Å². The van der Waals surface area contributed by atoms with E-state index in [1.54, 1.807) is 13.8 Å². The molecule has 1 aromatic heterocycles. The smallest absolute Gasteiger partial charge is 0.356 e. The van der Waals surface area contributed by atoms with E-state index in [2.05, 4.69) is 20.3 Å². The van der Waals surface area contributed by atoms with Crippen molar-refractivity contribution in [1.29, 1.82) is 0 Å². The predicted octanol–water partition coefficient (Wildman–Crippen LogP) is 2.57. The van der Waals surface area contributed by atoms with Crippen molar-refractivity contribution >= 4 is 55.1 Å². The van der Waals surface area contributed by atoms with Crippen LogP contribution in [-0.4, -0.2) is 79.3 Å². The second kappa shape index (κ2) is 11.6. The van der Waals surface area contributed by atoms with Crippen molar-refractivity contribution < 1.29 is 40.8 Å². The second-order valence-corrected chi connectivity index (χ2v) is 15.9. The molecule has 3 aliphatic rings. The minimum absolute atomic E-state index is 0.0184. The number of sulfonamides is 1. The van der Waals surface area contributed by atoms with E-state index < -0.39 is 69.3 Å². The predicted molar refractivity (Wildman–Crippen MR) is 159 cm³/mol. The number of fused-ring (bicyclic) bond motifs is 2. The lowest BCUT2D eigenvalue weighted by Gasteiger charge is -2.34. The van der Waals surface area contributed by atoms with Crippen LogP contribution >= 0.6 is 11.3 Å². The molecule has 45 heavy (non-hydrogen) atoms. The van der Waals surface area contributed by atoms with E-state index in [-0.39, 0.29) is 51.3 Å². The lowest BCUT2D eigenvalue weighted by Crippen LogP contribution is -2.58. The van der Waals surface area contributed by atoms with Gasteiger partial charge < -0.3 is 15.5 Å². The molecular formula is C29H36F3N5O6S2. The van der Waals surface area contributed by atoms with Crippen LogP contribution in [0.1, 0.15) is 55.9 Å². The van der Waals surface area contributed by atoms with Crippen LogP contribution < -0.4 is 15.4 Å². The molecule has 2 aliphatic heterocycles. The average molecular weight is 672 g/mol. The number of Topliss-reactive ketones (excluding diaryl/α,β-unsaturated/α-hetero) is 1. The third-order valence-corrected chi connectivity index (χ3v) is 11.1. The van der Waals surface area contributed by atoms with Crippen molar-refractivity contribution in [2.24, 2.45) is 29.1 Å². The number of ketones is 1. The fourth-order valence-corrected chi connectivity index (χ4v) is 8.69. The van der Waals surface area contributed by atoms with Crippen molar-refractivity contribution in [2.75, 3.05) is 19.3 Å². The van der Waals surface area contributed by atoms with Crippen LogP contribution in [0.5, 0.6) is 0 Å². The minimum Gasteiger partial charge on any atom is -0.356 e. The molecule has 11 nitrogen and oxygen atoms in total. The number of aromatic nitrogens is 1. The number of nitrogens with zero attached hydrogens (tertiary/aromatic N) is 2. The van der Waals surface area contributed by atoms with E-state index >= 15 is 0 Å². The number of alkyl halides is 3. The van der Waals surface area contributed by atoms with E-state index in [9.17, 15) is 40.8 Å². The van der Waals surface area contributed by atoms with E-state index in [1.165, 1.54) is 17.0 Å². The van der Waals surface area contributed by atoms with Gasteiger partial charge in [-0.05, 0) is 48.1 Å². The van der Waals surface area contributed by atoms with Gasteiger partial charge in [0.1, 0.15) is 12.1 Å². The van der Waals surface area contributed by atoms with Crippen LogP contribution in [0.15, 0.2) is 18.2 Å². The molecule has 0 unspecified atom stereocenters. The quantitative estimate of drug-likeness (QED) is 0.328. The molecule has 0 spiro atoms. The van der Waals surface area contributed by atoms with E-state index in [0.717, 1.165) is 12.3 Å². The first-order chi connectivity index (χ1) is 20.8. The number of carbonyl (C=O) groups excluding carboxylic acids is 4. The molecule has 0 bridgehead atoms. The Morgan fingerprint density at radius 1 is 1.22 bits per heavy atom. The fraction of sp³-hybridized carbons (Fsp3) is 0.621. The Bertz CT molecular complexity index is 1660. The molecule has 246 valence electrons. The van der Waals surface area contributed by atoms with Gasteiger partial charge in [-0.25, -0.2) is 18.1 Å². The van der Waals surface area contributed by atoms with Crippen LogP contribution in [0.4, 0.5) is 13.2 Å². The maximum atomic E-state index is 14.1.